The second-order valence-electron chi connectivity index (χ2n) is 4.26. The van der Waals surface area contributed by atoms with Crippen molar-refractivity contribution in [3.8, 4) is 0 Å². The van der Waals surface area contributed by atoms with E-state index in [1.165, 1.54) is 4.40 Å². The van der Waals surface area contributed by atoms with Gasteiger partial charge in [-0.15, -0.1) is 0 Å². The Morgan fingerprint density at radius 1 is 1.14 bits per heavy atom. The Morgan fingerprint density at radius 3 is 2.52 bits per heavy atom. The zero-order valence-electron chi connectivity index (χ0n) is 10.5. The summed E-state index contributed by atoms with van der Waals surface area (Å²) in [6.07, 6.45) is 1.63. The molecule has 1 aromatic carbocycles. The lowest BCUT2D eigenvalue weighted by atomic mass is 10.3. The predicted molar refractivity (Wildman–Crippen MR) is 81.9 cm³/mol. The highest BCUT2D eigenvalue weighted by atomic mass is 35.5. The fraction of sp³-hybridized carbons (Fsp3) is 0. The van der Waals surface area contributed by atoms with E-state index in [1.807, 2.05) is 0 Å². The van der Waals surface area contributed by atoms with Gasteiger partial charge in [0.05, 0.1) is 15.7 Å². The summed E-state index contributed by atoms with van der Waals surface area (Å²) in [6, 6.07) is 10.2. The Kier molecular flexibility index (Phi) is 3.45. The van der Waals surface area contributed by atoms with Crippen molar-refractivity contribution in [3.63, 3.8) is 0 Å². The maximum atomic E-state index is 11.5. The number of hydrogen-bond donors (Lipinski definition) is 2. The molecule has 0 saturated carbocycles. The van der Waals surface area contributed by atoms with Crippen molar-refractivity contribution in [2.75, 3.05) is 5.32 Å². The van der Waals surface area contributed by atoms with E-state index in [0.29, 0.717) is 21.4 Å². The van der Waals surface area contributed by atoms with Crippen LogP contribution in [0.4, 0.5) is 11.5 Å². The van der Waals surface area contributed by atoms with E-state index in [-0.39, 0.29) is 11.5 Å². The standard InChI is InChI=1S/C14H9Cl2N3O2/c15-8-4-3-5-9(16)11(8)18-13-12(14(20)21)19-7-2-1-6-10(19)17-13/h1-7,18H,(H,20,21). The van der Waals surface area contributed by atoms with Crippen LogP contribution < -0.4 is 5.32 Å². The largest absolute Gasteiger partial charge is 0.476 e. The molecule has 7 heteroatoms. The van der Waals surface area contributed by atoms with Gasteiger partial charge in [-0.1, -0.05) is 35.3 Å². The van der Waals surface area contributed by atoms with E-state index >= 15 is 0 Å². The number of imidazole rings is 1. The number of carbonyl (C=O) groups is 1. The van der Waals surface area contributed by atoms with E-state index in [4.69, 9.17) is 23.2 Å². The van der Waals surface area contributed by atoms with Crippen LogP contribution in [0, 0.1) is 0 Å². The minimum atomic E-state index is -1.10. The van der Waals surface area contributed by atoms with Crippen molar-refractivity contribution >= 4 is 46.3 Å². The smallest absolute Gasteiger partial charge is 0.356 e. The molecule has 106 valence electrons. The van der Waals surface area contributed by atoms with Crippen molar-refractivity contribution in [2.45, 2.75) is 0 Å². The number of carboxylic acids is 1. The lowest BCUT2D eigenvalue weighted by Crippen LogP contribution is -2.05. The molecule has 0 aliphatic heterocycles. The molecule has 0 unspecified atom stereocenters. The molecule has 0 radical (unpaired) electrons. The summed E-state index contributed by atoms with van der Waals surface area (Å²) in [6.45, 7) is 0. The van der Waals surface area contributed by atoms with Crippen LogP contribution in [0.1, 0.15) is 10.5 Å². The molecule has 5 nitrogen and oxygen atoms in total. The van der Waals surface area contributed by atoms with Crippen molar-refractivity contribution in [3.05, 3.63) is 58.3 Å². The topological polar surface area (TPSA) is 66.6 Å². The molecule has 0 aliphatic carbocycles. The molecule has 0 bridgehead atoms. The van der Waals surface area contributed by atoms with Gasteiger partial charge >= 0.3 is 5.97 Å². The van der Waals surface area contributed by atoms with Crippen molar-refractivity contribution in [2.24, 2.45) is 0 Å². The van der Waals surface area contributed by atoms with Crippen LogP contribution in [-0.2, 0) is 0 Å². The third kappa shape index (κ3) is 2.41. The Labute approximate surface area is 129 Å². The zero-order chi connectivity index (χ0) is 15.0. The molecule has 2 aromatic heterocycles. The van der Waals surface area contributed by atoms with Crippen LogP contribution in [0.2, 0.25) is 10.0 Å². The van der Waals surface area contributed by atoms with E-state index in [0.717, 1.165) is 0 Å². The number of rotatable bonds is 3. The summed E-state index contributed by atoms with van der Waals surface area (Å²) in [5, 5.41) is 13.1. The normalized spacial score (nSPS) is 10.8. The third-order valence-corrected chi connectivity index (χ3v) is 3.57. The summed E-state index contributed by atoms with van der Waals surface area (Å²) < 4.78 is 1.48. The molecule has 21 heavy (non-hydrogen) atoms. The first-order valence-electron chi connectivity index (χ1n) is 5.99. The fourth-order valence-electron chi connectivity index (χ4n) is 2.02. The van der Waals surface area contributed by atoms with Gasteiger partial charge in [-0.05, 0) is 24.3 Å². The van der Waals surface area contributed by atoms with Crippen LogP contribution >= 0.6 is 23.2 Å². The highest BCUT2D eigenvalue weighted by molar-refractivity contribution is 6.39. The number of aromatic nitrogens is 2. The number of nitrogens with one attached hydrogen (secondary N) is 1. The summed E-state index contributed by atoms with van der Waals surface area (Å²) in [7, 11) is 0. The van der Waals surface area contributed by atoms with E-state index in [2.05, 4.69) is 10.3 Å². The SMILES string of the molecule is O=C(O)c1c(Nc2c(Cl)cccc2Cl)nc2ccccn12. The molecule has 0 aliphatic rings. The second kappa shape index (κ2) is 5.27. The second-order valence-corrected chi connectivity index (χ2v) is 5.08. The molecule has 3 rings (SSSR count). The average Bonchev–Trinajstić information content (AvgIpc) is 2.81. The van der Waals surface area contributed by atoms with Gasteiger partial charge in [0.15, 0.2) is 11.5 Å². The van der Waals surface area contributed by atoms with Gasteiger partial charge in [0.2, 0.25) is 0 Å². The van der Waals surface area contributed by atoms with Gasteiger partial charge in [0.25, 0.3) is 0 Å². The number of carboxylic acid groups (broad SMARTS) is 1. The lowest BCUT2D eigenvalue weighted by Gasteiger charge is -2.08. The van der Waals surface area contributed by atoms with Crippen LogP contribution in [0.5, 0.6) is 0 Å². The Balaban J connectivity index is 2.17. The van der Waals surface area contributed by atoms with Gasteiger partial charge in [-0.25, -0.2) is 9.78 Å². The number of fused-ring (bicyclic) bond motifs is 1. The quantitative estimate of drug-likeness (QED) is 0.762. The van der Waals surface area contributed by atoms with Crippen molar-refractivity contribution in [1.29, 1.82) is 0 Å². The van der Waals surface area contributed by atoms with Gasteiger partial charge < -0.3 is 10.4 Å². The molecule has 2 N–H and O–H groups in total. The number of pyridine rings is 1. The first-order valence-corrected chi connectivity index (χ1v) is 6.75. The summed E-state index contributed by atoms with van der Waals surface area (Å²) in [5.41, 5.74) is 0.953. The van der Waals surface area contributed by atoms with Crippen LogP contribution in [0.3, 0.4) is 0 Å². The van der Waals surface area contributed by atoms with Gasteiger partial charge in [-0.2, -0.15) is 0 Å². The van der Waals surface area contributed by atoms with Crippen LogP contribution in [-0.4, -0.2) is 20.5 Å². The number of anilines is 2. The minimum Gasteiger partial charge on any atom is -0.476 e. The number of para-hydroxylation sites is 1. The molecule has 3 aromatic rings. The van der Waals surface area contributed by atoms with Gasteiger partial charge in [0, 0.05) is 6.20 Å². The van der Waals surface area contributed by atoms with Gasteiger partial charge in [0.1, 0.15) is 5.65 Å². The van der Waals surface area contributed by atoms with E-state index in [1.54, 1.807) is 42.6 Å². The molecule has 0 saturated heterocycles. The first kappa shape index (κ1) is 13.7. The van der Waals surface area contributed by atoms with E-state index < -0.39 is 5.97 Å². The molecule has 2 heterocycles. The first-order chi connectivity index (χ1) is 10.1. The molecule has 0 amide bonds. The minimum absolute atomic E-state index is 0.0154. The average molecular weight is 322 g/mol. The number of nitrogens with zero attached hydrogens (tertiary/aromatic N) is 2. The van der Waals surface area contributed by atoms with Crippen molar-refractivity contribution < 1.29 is 9.90 Å². The van der Waals surface area contributed by atoms with Crippen LogP contribution in [0.15, 0.2) is 42.6 Å². The van der Waals surface area contributed by atoms with Crippen LogP contribution in [0.25, 0.3) is 5.65 Å². The predicted octanol–water partition coefficient (Wildman–Crippen LogP) is 4.08. The fourth-order valence-corrected chi connectivity index (χ4v) is 2.51. The summed E-state index contributed by atoms with van der Waals surface area (Å²) >= 11 is 12.2. The summed E-state index contributed by atoms with van der Waals surface area (Å²) in [5.74, 6) is -0.914. The van der Waals surface area contributed by atoms with E-state index in [9.17, 15) is 9.90 Å². The highest BCUT2D eigenvalue weighted by Gasteiger charge is 2.19. The lowest BCUT2D eigenvalue weighted by molar-refractivity contribution is 0.0690. The number of hydrogen-bond acceptors (Lipinski definition) is 3. The maximum absolute atomic E-state index is 11.5. The monoisotopic (exact) mass is 321 g/mol. The maximum Gasteiger partial charge on any atom is 0.356 e. The molecular weight excluding hydrogens is 313 g/mol. The Bertz CT molecular complexity index is 825. The van der Waals surface area contributed by atoms with Crippen molar-refractivity contribution in [1.82, 2.24) is 9.38 Å². The molecule has 0 fully saturated rings. The van der Waals surface area contributed by atoms with Gasteiger partial charge in [-0.3, -0.25) is 4.40 Å². The molecule has 0 spiro atoms. The summed E-state index contributed by atoms with van der Waals surface area (Å²) in [4.78, 5) is 15.8. The highest BCUT2D eigenvalue weighted by Crippen LogP contribution is 2.33. The molecule has 0 atom stereocenters. The number of benzene rings is 1. The Hall–Kier alpha value is -2.24. The molecular formula is C14H9Cl2N3O2. The number of aromatic carboxylic acids is 1. The zero-order valence-corrected chi connectivity index (χ0v) is 12.1. The third-order valence-electron chi connectivity index (χ3n) is 2.94. The Morgan fingerprint density at radius 2 is 1.86 bits per heavy atom. The number of halogens is 2.